The molecule has 11 nitrogen and oxygen atoms in total. The molecule has 1 unspecified atom stereocenters. The maximum atomic E-state index is 13.6. The van der Waals surface area contributed by atoms with E-state index in [-0.39, 0.29) is 17.6 Å². The number of amides is 3. The van der Waals surface area contributed by atoms with E-state index in [0.717, 1.165) is 89.5 Å². The maximum absolute atomic E-state index is 13.6. The Kier molecular flexibility index (Phi) is 9.82. The highest BCUT2D eigenvalue weighted by atomic mass is 32.2. The Morgan fingerprint density at radius 2 is 1.74 bits per heavy atom. The lowest BCUT2D eigenvalue weighted by Gasteiger charge is -2.29. The van der Waals surface area contributed by atoms with E-state index in [1.165, 1.54) is 26.1 Å². The minimum absolute atomic E-state index is 0.118. The molecule has 3 aromatic rings. The van der Waals surface area contributed by atoms with Crippen LogP contribution in [-0.4, -0.2) is 88.2 Å². The zero-order valence-electron chi connectivity index (χ0n) is 27.9. The van der Waals surface area contributed by atoms with Crippen molar-refractivity contribution in [2.75, 3.05) is 48.0 Å². The van der Waals surface area contributed by atoms with Gasteiger partial charge in [0.05, 0.1) is 18.8 Å². The van der Waals surface area contributed by atoms with E-state index in [2.05, 4.69) is 26.7 Å². The fourth-order valence-electron chi connectivity index (χ4n) is 7.50. The molecule has 1 aliphatic carbocycles. The molecule has 1 aromatic heterocycles. The summed E-state index contributed by atoms with van der Waals surface area (Å²) in [5, 5.41) is 4.39. The molecule has 3 aliphatic rings. The van der Waals surface area contributed by atoms with E-state index < -0.39 is 16.1 Å². The molecule has 3 amide bonds. The predicted molar refractivity (Wildman–Crippen MR) is 182 cm³/mol. The smallest absolute Gasteiger partial charge is 0.317 e. The summed E-state index contributed by atoms with van der Waals surface area (Å²) < 4.78 is 41.6. The molecule has 2 aromatic carbocycles. The Hall–Kier alpha value is -3.61. The van der Waals surface area contributed by atoms with Gasteiger partial charge in [0, 0.05) is 69.5 Å². The van der Waals surface area contributed by atoms with Crippen LogP contribution in [0.25, 0.3) is 22.2 Å². The SMILES string of the molecule is COc1ccc2c(c1)CC(NC(=O)N(C)CC1CCOCC1)Cn1c-2c(C2CCCCC2)c2ccc(C(=O)NS(=O)(=O)N(C)C)cc21. The molecule has 47 heavy (non-hydrogen) atoms. The van der Waals surface area contributed by atoms with E-state index in [1.54, 1.807) is 24.1 Å². The van der Waals surface area contributed by atoms with Crippen LogP contribution in [0.4, 0.5) is 4.79 Å². The van der Waals surface area contributed by atoms with E-state index in [9.17, 15) is 18.0 Å². The van der Waals surface area contributed by atoms with Crippen LogP contribution in [0.5, 0.6) is 5.75 Å². The maximum Gasteiger partial charge on any atom is 0.317 e. The minimum Gasteiger partial charge on any atom is -0.497 e. The summed E-state index contributed by atoms with van der Waals surface area (Å²) in [7, 11) is 2.31. The Morgan fingerprint density at radius 3 is 2.45 bits per heavy atom. The number of hydrogen-bond donors (Lipinski definition) is 2. The van der Waals surface area contributed by atoms with Crippen LogP contribution < -0.4 is 14.8 Å². The average Bonchev–Trinajstić information content (AvgIpc) is 3.28. The number of ether oxygens (including phenoxy) is 2. The topological polar surface area (TPSA) is 122 Å². The molecule has 0 spiro atoms. The predicted octanol–water partition coefficient (Wildman–Crippen LogP) is 4.89. The molecule has 2 aliphatic heterocycles. The van der Waals surface area contributed by atoms with Crippen molar-refractivity contribution < 1.29 is 27.5 Å². The number of methoxy groups -OCH3 is 1. The summed E-state index contributed by atoms with van der Waals surface area (Å²) in [5.41, 5.74) is 5.67. The molecule has 6 rings (SSSR count). The fraction of sp³-hybridized carbons (Fsp3) is 0.543. The summed E-state index contributed by atoms with van der Waals surface area (Å²) >= 11 is 0. The number of nitrogens with zero attached hydrogens (tertiary/aromatic N) is 3. The molecule has 12 heteroatoms. The van der Waals surface area contributed by atoms with Crippen molar-refractivity contribution in [1.29, 1.82) is 0 Å². The first-order chi connectivity index (χ1) is 22.6. The molecule has 1 saturated carbocycles. The quantitative estimate of drug-likeness (QED) is 0.353. The minimum atomic E-state index is -3.97. The highest BCUT2D eigenvalue weighted by molar-refractivity contribution is 7.87. The summed E-state index contributed by atoms with van der Waals surface area (Å²) in [4.78, 5) is 28.7. The normalized spacial score (nSPS) is 19.1. The lowest BCUT2D eigenvalue weighted by atomic mass is 9.81. The first-order valence-electron chi connectivity index (χ1n) is 16.7. The second-order valence-corrected chi connectivity index (χ2v) is 15.4. The molecule has 1 saturated heterocycles. The van der Waals surface area contributed by atoms with Gasteiger partial charge >= 0.3 is 16.2 Å². The lowest BCUT2D eigenvalue weighted by Crippen LogP contribution is -2.47. The lowest BCUT2D eigenvalue weighted by molar-refractivity contribution is 0.0584. The van der Waals surface area contributed by atoms with Gasteiger partial charge in [0.1, 0.15) is 5.75 Å². The number of hydrogen-bond acceptors (Lipinski definition) is 6. The fourth-order valence-corrected chi connectivity index (χ4v) is 8.03. The number of carbonyl (C=O) groups is 2. The Bertz CT molecular complexity index is 1740. The van der Waals surface area contributed by atoms with Crippen molar-refractivity contribution in [2.24, 2.45) is 5.92 Å². The van der Waals surface area contributed by atoms with E-state index in [1.807, 2.05) is 19.2 Å². The average molecular weight is 666 g/mol. The van der Waals surface area contributed by atoms with Crippen LogP contribution in [0.15, 0.2) is 36.4 Å². The second-order valence-electron chi connectivity index (χ2n) is 13.5. The van der Waals surface area contributed by atoms with E-state index in [4.69, 9.17) is 9.47 Å². The third-order valence-corrected chi connectivity index (χ3v) is 11.5. The molecule has 1 atom stereocenters. The van der Waals surface area contributed by atoms with E-state index >= 15 is 0 Å². The Morgan fingerprint density at radius 1 is 1.00 bits per heavy atom. The van der Waals surface area contributed by atoms with Gasteiger partial charge in [-0.05, 0) is 85.4 Å². The van der Waals surface area contributed by atoms with Gasteiger partial charge in [-0.25, -0.2) is 9.52 Å². The van der Waals surface area contributed by atoms with Crippen molar-refractivity contribution in [2.45, 2.75) is 69.9 Å². The van der Waals surface area contributed by atoms with Crippen molar-refractivity contribution in [3.8, 4) is 17.0 Å². The number of carbonyl (C=O) groups excluding carboxylic acids is 2. The third-order valence-electron chi connectivity index (χ3n) is 10.1. The number of aromatic nitrogens is 1. The first kappa shape index (κ1) is 33.3. The van der Waals surface area contributed by atoms with Crippen LogP contribution in [0.3, 0.4) is 0 Å². The molecular weight excluding hydrogens is 618 g/mol. The van der Waals surface area contributed by atoms with Crippen LogP contribution in [-0.2, 0) is 27.9 Å². The van der Waals surface area contributed by atoms with Crippen molar-refractivity contribution in [1.82, 2.24) is 23.8 Å². The van der Waals surface area contributed by atoms with Crippen LogP contribution in [0.1, 0.15) is 72.3 Å². The molecule has 254 valence electrons. The highest BCUT2D eigenvalue weighted by Gasteiger charge is 2.33. The number of rotatable bonds is 8. The second kappa shape index (κ2) is 13.9. The van der Waals surface area contributed by atoms with Crippen LogP contribution in [0.2, 0.25) is 0 Å². The largest absolute Gasteiger partial charge is 0.497 e. The van der Waals surface area contributed by atoms with Crippen molar-refractivity contribution in [3.63, 3.8) is 0 Å². The van der Waals surface area contributed by atoms with Gasteiger partial charge in [-0.1, -0.05) is 25.3 Å². The van der Waals surface area contributed by atoms with Gasteiger partial charge in [0.25, 0.3) is 5.91 Å². The number of benzene rings is 2. The molecule has 2 fully saturated rings. The summed E-state index contributed by atoms with van der Waals surface area (Å²) in [6, 6.07) is 11.3. The van der Waals surface area contributed by atoms with Gasteiger partial charge in [-0.2, -0.15) is 12.7 Å². The number of urea groups is 1. The highest BCUT2D eigenvalue weighted by Crippen LogP contribution is 2.46. The monoisotopic (exact) mass is 665 g/mol. The summed E-state index contributed by atoms with van der Waals surface area (Å²) in [6.07, 6.45) is 8.21. The van der Waals surface area contributed by atoms with Crippen molar-refractivity contribution in [3.05, 3.63) is 53.1 Å². The third kappa shape index (κ3) is 7.00. The van der Waals surface area contributed by atoms with Gasteiger partial charge in [0.15, 0.2) is 0 Å². The summed E-state index contributed by atoms with van der Waals surface area (Å²) in [5.74, 6) is 0.838. The molecule has 0 radical (unpaired) electrons. The van der Waals surface area contributed by atoms with Crippen LogP contribution in [0, 0.1) is 5.92 Å². The van der Waals surface area contributed by atoms with Gasteiger partial charge in [-0.3, -0.25) is 4.79 Å². The zero-order valence-corrected chi connectivity index (χ0v) is 28.7. The van der Waals surface area contributed by atoms with Gasteiger partial charge < -0.3 is 24.3 Å². The molecule has 0 bridgehead atoms. The molecule has 2 N–H and O–H groups in total. The molecular formula is C35H47N5O6S. The van der Waals surface area contributed by atoms with E-state index in [0.29, 0.717) is 31.3 Å². The number of nitrogens with one attached hydrogen (secondary N) is 2. The first-order valence-corrected chi connectivity index (χ1v) is 18.2. The summed E-state index contributed by atoms with van der Waals surface area (Å²) in [6.45, 7) is 2.63. The van der Waals surface area contributed by atoms with Gasteiger partial charge in [-0.15, -0.1) is 0 Å². The standard InChI is InChI=1S/C35H47N5O6S/c1-38(2)47(43,44)37-34(41)25-10-12-30-31(20-25)40-22-27(36-35(42)39(3)21-23-14-16-46-17-15-23)18-26-19-28(45-4)11-13-29(26)33(40)32(30)24-8-6-5-7-9-24/h10-13,19-20,23-24,27H,5-9,14-18,21-22H2,1-4H3,(H,36,42)(H,37,41). The Labute approximate surface area is 277 Å². The zero-order chi connectivity index (χ0) is 33.3. The van der Waals surface area contributed by atoms with Crippen molar-refractivity contribution >= 4 is 33.1 Å². The van der Waals surface area contributed by atoms with Gasteiger partial charge in [0.2, 0.25) is 0 Å². The van der Waals surface area contributed by atoms with Crippen LogP contribution >= 0.6 is 0 Å². The Balaban J connectivity index is 1.44. The number of fused-ring (bicyclic) bond motifs is 5. The molecule has 3 heterocycles.